The number of thioether (sulfide) groups is 1. The number of aliphatic hydroxyl groups excluding tert-OH is 2. The molecule has 7 rings (SSSR count). The molecule has 2 N–H and O–H groups in total. The number of hydrogen-bond acceptors (Lipinski definition) is 7. The van der Waals surface area contributed by atoms with Crippen molar-refractivity contribution in [3.63, 3.8) is 0 Å². The predicted molar refractivity (Wildman–Crippen MR) is 144 cm³/mol. The van der Waals surface area contributed by atoms with E-state index >= 15 is 0 Å². The third-order valence-corrected chi connectivity index (χ3v) is 13.0. The number of nitrogens with zero attached hydrogens (tertiary/aromatic N) is 2. The maximum absolute atomic E-state index is 12.2. The molecule has 2 aromatic rings. The van der Waals surface area contributed by atoms with Crippen LogP contribution in [-0.2, 0) is 0 Å². The summed E-state index contributed by atoms with van der Waals surface area (Å²) in [4.78, 5) is 4.90. The van der Waals surface area contributed by atoms with Crippen molar-refractivity contribution in [2.24, 2.45) is 17.3 Å². The van der Waals surface area contributed by atoms with Crippen molar-refractivity contribution < 1.29 is 19.0 Å². The lowest BCUT2D eigenvalue weighted by Crippen LogP contribution is -2.64. The summed E-state index contributed by atoms with van der Waals surface area (Å²) in [7, 11) is 0. The fourth-order valence-electron chi connectivity index (χ4n) is 9.06. The molecule has 0 unspecified atom stereocenters. The molecular weight excluding hydrogens is 484 g/mol. The van der Waals surface area contributed by atoms with Crippen molar-refractivity contribution >= 4 is 11.8 Å². The van der Waals surface area contributed by atoms with E-state index < -0.39 is 12.5 Å². The molecule has 0 amide bonds. The second-order valence-electron chi connectivity index (χ2n) is 13.0. The van der Waals surface area contributed by atoms with E-state index in [4.69, 9.17) is 8.83 Å². The molecule has 0 radical (unpaired) electrons. The number of rotatable bonds is 2. The van der Waals surface area contributed by atoms with Crippen molar-refractivity contribution in [3.8, 4) is 0 Å². The van der Waals surface area contributed by atoms with Crippen molar-refractivity contribution in [2.45, 2.75) is 113 Å². The first-order chi connectivity index (χ1) is 17.9. The average Bonchev–Trinajstić information content (AvgIpc) is 3.68. The molecule has 37 heavy (non-hydrogen) atoms. The molecular formula is C30H42N2O4S. The van der Waals surface area contributed by atoms with E-state index in [1.807, 2.05) is 24.3 Å². The lowest BCUT2D eigenvalue weighted by Gasteiger charge is -2.58. The van der Waals surface area contributed by atoms with Gasteiger partial charge in [-0.2, -0.15) is 11.8 Å². The normalized spacial score (nSPS) is 46.8. The minimum atomic E-state index is -0.506. The topological polar surface area (TPSA) is 73.2 Å². The zero-order valence-electron chi connectivity index (χ0n) is 22.2. The van der Waals surface area contributed by atoms with Gasteiger partial charge in [0.15, 0.2) is 0 Å². The van der Waals surface area contributed by atoms with E-state index in [9.17, 15) is 10.2 Å². The Labute approximate surface area is 224 Å². The van der Waals surface area contributed by atoms with E-state index in [2.05, 4.69) is 35.8 Å². The summed E-state index contributed by atoms with van der Waals surface area (Å²) in [6.45, 7) is 4.72. The van der Waals surface area contributed by atoms with Crippen LogP contribution in [0, 0.1) is 17.3 Å². The van der Waals surface area contributed by atoms with Crippen molar-refractivity contribution in [1.29, 1.82) is 0 Å². The Balaban J connectivity index is 1.18. The monoisotopic (exact) mass is 526 g/mol. The van der Waals surface area contributed by atoms with Gasteiger partial charge in [-0.25, -0.2) is 0 Å². The van der Waals surface area contributed by atoms with Gasteiger partial charge in [-0.3, -0.25) is 9.80 Å². The summed E-state index contributed by atoms with van der Waals surface area (Å²) in [6.07, 6.45) is 16.0. The molecule has 7 heteroatoms. The summed E-state index contributed by atoms with van der Waals surface area (Å²) < 4.78 is 10.7. The lowest BCUT2D eigenvalue weighted by molar-refractivity contribution is -0.191. The number of fused-ring (bicyclic) bond motifs is 2. The maximum Gasteiger partial charge on any atom is 0.122 e. The molecule has 10 atom stereocenters. The van der Waals surface area contributed by atoms with Crippen molar-refractivity contribution in [2.75, 3.05) is 5.75 Å². The fourth-order valence-corrected chi connectivity index (χ4v) is 11.0. The summed E-state index contributed by atoms with van der Waals surface area (Å²) in [5.74, 6) is 2.10. The van der Waals surface area contributed by atoms with E-state index in [0.717, 1.165) is 50.7 Å². The third kappa shape index (κ3) is 3.75. The smallest absolute Gasteiger partial charge is 0.122 e. The zero-order valence-corrected chi connectivity index (χ0v) is 23.0. The van der Waals surface area contributed by atoms with Crippen LogP contribution in [0.1, 0.15) is 94.8 Å². The molecule has 7 heterocycles. The predicted octanol–water partition coefficient (Wildman–Crippen LogP) is 5.94. The second kappa shape index (κ2) is 9.16. The minimum Gasteiger partial charge on any atom is -0.472 e. The molecule has 5 aliphatic heterocycles. The molecule has 0 aromatic carbocycles. The maximum atomic E-state index is 12.2. The minimum absolute atomic E-state index is 0.180. The van der Waals surface area contributed by atoms with Gasteiger partial charge in [0.2, 0.25) is 0 Å². The summed E-state index contributed by atoms with van der Waals surface area (Å²) in [5, 5.41) is 24.4. The molecule has 6 nitrogen and oxygen atoms in total. The molecule has 202 valence electrons. The van der Waals surface area contributed by atoms with Crippen LogP contribution >= 0.6 is 11.8 Å². The van der Waals surface area contributed by atoms with Crippen LogP contribution < -0.4 is 0 Å². The van der Waals surface area contributed by atoms with Crippen LogP contribution in [0.25, 0.3) is 0 Å². The zero-order chi connectivity index (χ0) is 25.4. The molecule has 2 aromatic heterocycles. The quantitative estimate of drug-likeness (QED) is 0.501. The van der Waals surface area contributed by atoms with Crippen LogP contribution in [0.3, 0.4) is 0 Å². The Morgan fingerprint density at radius 1 is 0.784 bits per heavy atom. The van der Waals surface area contributed by atoms with Crippen LogP contribution in [0.4, 0.5) is 0 Å². The molecule has 0 aliphatic carbocycles. The number of hydrogen-bond donors (Lipinski definition) is 2. The standard InChI is InChI=1S/C30H42N2O4S/c1-19-3-5-25(21-9-13-35-15-21)31-23(19)7-11-29(27(31)33)17-30(37-18-29)12-8-24-20(2)4-6-26(32(24)28(30)34)22-10-14-36-16-22/h9-10,13-16,19-20,23-28,33-34H,3-8,11-12,17-18H2,1-2H3/t19-,20-,23+,24+,25+,26+,27-,28-,29+,30+/m0/s1. The Bertz CT molecular complexity index is 993. The Kier molecular flexibility index (Phi) is 6.13. The van der Waals surface area contributed by atoms with Crippen LogP contribution in [0.2, 0.25) is 0 Å². The average molecular weight is 527 g/mol. The van der Waals surface area contributed by atoms with E-state index in [1.165, 1.54) is 24.0 Å². The largest absolute Gasteiger partial charge is 0.472 e. The van der Waals surface area contributed by atoms with Crippen LogP contribution in [0.15, 0.2) is 46.0 Å². The molecule has 0 saturated carbocycles. The van der Waals surface area contributed by atoms with Gasteiger partial charge in [0.25, 0.3) is 0 Å². The Morgan fingerprint density at radius 2 is 1.35 bits per heavy atom. The number of piperidine rings is 4. The summed E-state index contributed by atoms with van der Waals surface area (Å²) in [6, 6.07) is 5.38. The first kappa shape index (κ1) is 24.8. The Hall–Kier alpha value is -1.25. The van der Waals surface area contributed by atoms with E-state index in [-0.39, 0.29) is 22.2 Å². The highest BCUT2D eigenvalue weighted by atomic mass is 32.2. The van der Waals surface area contributed by atoms with Gasteiger partial charge in [-0.15, -0.1) is 0 Å². The van der Waals surface area contributed by atoms with Gasteiger partial charge in [-0.1, -0.05) is 13.8 Å². The van der Waals surface area contributed by atoms with Gasteiger partial charge >= 0.3 is 0 Å². The van der Waals surface area contributed by atoms with Gasteiger partial charge in [0, 0.05) is 46.5 Å². The summed E-state index contributed by atoms with van der Waals surface area (Å²) in [5.41, 5.74) is 2.20. The van der Waals surface area contributed by atoms with Gasteiger partial charge in [0.05, 0.1) is 29.8 Å². The van der Waals surface area contributed by atoms with Crippen molar-refractivity contribution in [3.05, 3.63) is 48.3 Å². The third-order valence-electron chi connectivity index (χ3n) is 11.1. The highest BCUT2D eigenvalue weighted by molar-refractivity contribution is 8.01. The lowest BCUT2D eigenvalue weighted by atomic mass is 9.65. The van der Waals surface area contributed by atoms with Gasteiger partial charge in [0.1, 0.15) is 12.5 Å². The second-order valence-corrected chi connectivity index (χ2v) is 14.4. The SMILES string of the molecule is C[C@H]1CC[C@H](c2ccoc2)N2[C@@H]1CC[C@@]1(CS[C@]3(CC[C@@H]4[C@@H](C)CC[C@H](c5ccoc5)N4[C@H]3O)C1)[C@@H]2O. The van der Waals surface area contributed by atoms with Crippen LogP contribution in [-0.4, -0.2) is 55.1 Å². The first-order valence-corrected chi connectivity index (χ1v) is 15.5. The molecule has 5 saturated heterocycles. The highest BCUT2D eigenvalue weighted by Crippen LogP contribution is 2.63. The summed E-state index contributed by atoms with van der Waals surface area (Å²) >= 11 is 1.96. The van der Waals surface area contributed by atoms with E-state index in [0.29, 0.717) is 23.9 Å². The molecule has 5 fully saturated rings. The molecule has 0 bridgehead atoms. The molecule has 2 spiro atoms. The van der Waals surface area contributed by atoms with Crippen molar-refractivity contribution in [1.82, 2.24) is 9.80 Å². The first-order valence-electron chi connectivity index (χ1n) is 14.5. The molecule has 5 aliphatic rings. The van der Waals surface area contributed by atoms with Crippen LogP contribution in [0.5, 0.6) is 0 Å². The highest BCUT2D eigenvalue weighted by Gasteiger charge is 2.63. The van der Waals surface area contributed by atoms with Gasteiger partial charge in [-0.05, 0) is 81.8 Å². The fraction of sp³-hybridized carbons (Fsp3) is 0.733. The number of aliphatic hydroxyl groups is 2. The number of furan rings is 2. The Morgan fingerprint density at radius 3 is 1.92 bits per heavy atom. The van der Waals surface area contributed by atoms with Gasteiger partial charge < -0.3 is 19.0 Å². The van der Waals surface area contributed by atoms with E-state index in [1.54, 1.807) is 12.5 Å².